The van der Waals surface area contributed by atoms with Crippen molar-refractivity contribution in [2.75, 3.05) is 19.0 Å². The monoisotopic (exact) mass is 442 g/mol. The molecule has 0 radical (unpaired) electrons. The molecule has 0 spiro atoms. The highest BCUT2D eigenvalue weighted by Gasteiger charge is 2.26. The molecule has 0 aromatic heterocycles. The fraction of sp³-hybridized carbons (Fsp3) is 0.367. The highest BCUT2D eigenvalue weighted by Crippen LogP contribution is 2.31. The van der Waals surface area contributed by atoms with Gasteiger partial charge in [0.1, 0.15) is 0 Å². The van der Waals surface area contributed by atoms with Crippen LogP contribution in [0.5, 0.6) is 0 Å². The first-order chi connectivity index (χ1) is 16.1. The lowest BCUT2D eigenvalue weighted by Gasteiger charge is -2.33. The van der Waals surface area contributed by atoms with E-state index in [2.05, 4.69) is 89.5 Å². The molecule has 0 N–H and O–H groups in total. The Morgan fingerprint density at radius 3 is 1.79 bits per heavy atom. The Labute approximate surface area is 200 Å². The Balaban J connectivity index is 1.91. The minimum Gasteiger partial charge on any atom is -0.378 e. The maximum absolute atomic E-state index is 13.7. The van der Waals surface area contributed by atoms with Gasteiger partial charge in [0.25, 0.3) is 0 Å². The molecule has 0 saturated heterocycles. The average Bonchev–Trinajstić information content (AvgIpc) is 2.85. The molecular weight excluding hydrogens is 404 g/mol. The zero-order chi connectivity index (χ0) is 23.5. The molecule has 3 rings (SSSR count). The number of carbonyl (C=O) groups is 1. The minimum atomic E-state index is -0.107. The number of carbonyl (C=O) groups excluding carboxylic acids is 1. The number of nitrogens with zero attached hydrogens (tertiary/aromatic N) is 2. The van der Waals surface area contributed by atoms with Gasteiger partial charge in [-0.3, -0.25) is 4.79 Å². The summed E-state index contributed by atoms with van der Waals surface area (Å²) in [6.07, 6.45) is 6.32. The van der Waals surface area contributed by atoms with Gasteiger partial charge in [0.05, 0.1) is 6.04 Å². The molecular formula is C30H38N2O. The molecule has 1 amide bonds. The predicted molar refractivity (Wildman–Crippen MR) is 139 cm³/mol. The average molecular weight is 443 g/mol. The van der Waals surface area contributed by atoms with Gasteiger partial charge in [0, 0.05) is 32.7 Å². The lowest BCUT2D eigenvalue weighted by molar-refractivity contribution is -0.133. The van der Waals surface area contributed by atoms with Gasteiger partial charge in [0.2, 0.25) is 5.91 Å². The maximum Gasteiger partial charge on any atom is 0.223 e. The van der Waals surface area contributed by atoms with Crippen LogP contribution in [0.25, 0.3) is 0 Å². The Bertz CT molecular complexity index is 912. The Morgan fingerprint density at radius 2 is 1.27 bits per heavy atom. The molecule has 0 unspecified atom stereocenters. The summed E-state index contributed by atoms with van der Waals surface area (Å²) in [5.41, 5.74) is 4.60. The molecule has 0 aliphatic carbocycles. The number of hydrogen-bond donors (Lipinski definition) is 0. The van der Waals surface area contributed by atoms with Gasteiger partial charge in [-0.25, -0.2) is 0 Å². The Morgan fingerprint density at radius 1 is 0.727 bits per heavy atom. The maximum atomic E-state index is 13.7. The molecule has 0 saturated carbocycles. The minimum absolute atomic E-state index is 0.107. The van der Waals surface area contributed by atoms with Crippen LogP contribution < -0.4 is 4.90 Å². The first-order valence-electron chi connectivity index (χ1n) is 12.3. The second-order valence-corrected chi connectivity index (χ2v) is 8.97. The van der Waals surface area contributed by atoms with Crippen molar-refractivity contribution in [1.29, 1.82) is 0 Å². The van der Waals surface area contributed by atoms with E-state index in [0.29, 0.717) is 13.0 Å². The van der Waals surface area contributed by atoms with Gasteiger partial charge in [-0.1, -0.05) is 105 Å². The topological polar surface area (TPSA) is 23.6 Å². The van der Waals surface area contributed by atoms with Gasteiger partial charge < -0.3 is 9.80 Å². The van der Waals surface area contributed by atoms with E-state index in [1.807, 2.05) is 26.2 Å². The van der Waals surface area contributed by atoms with Crippen molar-refractivity contribution in [2.45, 2.75) is 58.0 Å². The summed E-state index contributed by atoms with van der Waals surface area (Å²) in [5, 5.41) is 0. The third-order valence-electron chi connectivity index (χ3n) is 6.16. The fourth-order valence-electron chi connectivity index (χ4n) is 4.27. The summed E-state index contributed by atoms with van der Waals surface area (Å²) in [6, 6.07) is 29.3. The van der Waals surface area contributed by atoms with E-state index < -0.39 is 0 Å². The molecule has 3 aromatic rings. The van der Waals surface area contributed by atoms with Crippen LogP contribution in [0.1, 0.15) is 68.2 Å². The second-order valence-electron chi connectivity index (χ2n) is 8.97. The van der Waals surface area contributed by atoms with E-state index in [9.17, 15) is 4.79 Å². The molecule has 0 aliphatic rings. The number of rotatable bonds is 12. The van der Waals surface area contributed by atoms with Crippen LogP contribution in [-0.4, -0.2) is 24.9 Å². The number of amides is 1. The van der Waals surface area contributed by atoms with E-state index in [-0.39, 0.29) is 11.9 Å². The zero-order valence-corrected chi connectivity index (χ0v) is 20.4. The van der Waals surface area contributed by atoms with Crippen molar-refractivity contribution in [3.63, 3.8) is 0 Å². The lowest BCUT2D eigenvalue weighted by Crippen LogP contribution is -2.35. The molecule has 0 atom stereocenters. The molecule has 0 heterocycles. The lowest BCUT2D eigenvalue weighted by atomic mass is 9.95. The van der Waals surface area contributed by atoms with Gasteiger partial charge in [-0.05, 0) is 35.2 Å². The Kier molecular flexibility index (Phi) is 9.56. The molecule has 3 aromatic carbocycles. The molecule has 3 heteroatoms. The van der Waals surface area contributed by atoms with Crippen molar-refractivity contribution < 1.29 is 4.79 Å². The molecule has 174 valence electrons. The highest BCUT2D eigenvalue weighted by atomic mass is 16.2. The molecule has 0 bridgehead atoms. The smallest absolute Gasteiger partial charge is 0.223 e. The molecule has 0 aliphatic heterocycles. The summed E-state index contributed by atoms with van der Waals surface area (Å²) < 4.78 is 0. The first-order valence-corrected chi connectivity index (χ1v) is 12.3. The highest BCUT2D eigenvalue weighted by molar-refractivity contribution is 5.77. The summed E-state index contributed by atoms with van der Waals surface area (Å²) in [4.78, 5) is 17.8. The van der Waals surface area contributed by atoms with E-state index in [1.54, 1.807) is 0 Å². The van der Waals surface area contributed by atoms with Crippen LogP contribution in [0.2, 0.25) is 0 Å². The molecule has 3 nitrogen and oxygen atoms in total. The van der Waals surface area contributed by atoms with E-state index in [0.717, 1.165) is 35.2 Å². The van der Waals surface area contributed by atoms with E-state index in [4.69, 9.17) is 0 Å². The van der Waals surface area contributed by atoms with Gasteiger partial charge in [-0.15, -0.1) is 0 Å². The van der Waals surface area contributed by atoms with Crippen LogP contribution in [0.15, 0.2) is 84.9 Å². The summed E-state index contributed by atoms with van der Waals surface area (Å²) >= 11 is 0. The van der Waals surface area contributed by atoms with E-state index in [1.165, 1.54) is 19.3 Å². The normalized spacial score (nSPS) is 10.9. The SMILES string of the molecule is CCCCCCCC(=O)N(Cc1ccc(N(C)C)cc1)C(c1ccccc1)c1ccccc1. The standard InChI is InChI=1S/C30H38N2O/c1-4-5-6-7-14-19-29(33)32(24-25-20-22-28(23-21-25)31(2)3)30(26-15-10-8-11-16-26)27-17-12-9-13-18-27/h8-13,15-18,20-23,30H,4-7,14,19,24H2,1-3H3. The van der Waals surface area contributed by atoms with Crippen molar-refractivity contribution in [1.82, 2.24) is 4.90 Å². The number of unbranched alkanes of at least 4 members (excludes halogenated alkanes) is 4. The van der Waals surface area contributed by atoms with Crippen LogP contribution >= 0.6 is 0 Å². The first kappa shape index (κ1) is 24.6. The van der Waals surface area contributed by atoms with Crippen molar-refractivity contribution in [2.24, 2.45) is 0 Å². The largest absolute Gasteiger partial charge is 0.378 e. The predicted octanol–water partition coefficient (Wildman–Crippen LogP) is 7.23. The number of anilines is 1. The zero-order valence-electron chi connectivity index (χ0n) is 20.4. The Hall–Kier alpha value is -3.07. The summed E-state index contributed by atoms with van der Waals surface area (Å²) in [5.74, 6) is 0.223. The van der Waals surface area contributed by atoms with Crippen molar-refractivity contribution >= 4 is 11.6 Å². The van der Waals surface area contributed by atoms with Crippen LogP contribution in [0.3, 0.4) is 0 Å². The van der Waals surface area contributed by atoms with Crippen molar-refractivity contribution in [3.8, 4) is 0 Å². The van der Waals surface area contributed by atoms with Crippen LogP contribution in [0, 0.1) is 0 Å². The van der Waals surface area contributed by atoms with Crippen molar-refractivity contribution in [3.05, 3.63) is 102 Å². The van der Waals surface area contributed by atoms with Gasteiger partial charge in [-0.2, -0.15) is 0 Å². The summed E-state index contributed by atoms with van der Waals surface area (Å²) in [6.45, 7) is 2.81. The van der Waals surface area contributed by atoms with Gasteiger partial charge >= 0.3 is 0 Å². The van der Waals surface area contributed by atoms with E-state index >= 15 is 0 Å². The number of hydrogen-bond acceptors (Lipinski definition) is 2. The third kappa shape index (κ3) is 7.21. The van der Waals surface area contributed by atoms with Gasteiger partial charge in [0.15, 0.2) is 0 Å². The summed E-state index contributed by atoms with van der Waals surface area (Å²) in [7, 11) is 4.09. The quantitative estimate of drug-likeness (QED) is 0.276. The second kappa shape index (κ2) is 12.8. The third-order valence-corrected chi connectivity index (χ3v) is 6.16. The van der Waals surface area contributed by atoms with Crippen LogP contribution in [0.4, 0.5) is 5.69 Å². The number of benzene rings is 3. The molecule has 33 heavy (non-hydrogen) atoms. The van der Waals surface area contributed by atoms with Crippen LogP contribution in [-0.2, 0) is 11.3 Å². The molecule has 0 fully saturated rings. The fourth-order valence-corrected chi connectivity index (χ4v) is 4.27.